The van der Waals surface area contributed by atoms with E-state index in [2.05, 4.69) is 191 Å². The van der Waals surface area contributed by atoms with Gasteiger partial charge in [-0.15, -0.1) is 0 Å². The first-order chi connectivity index (χ1) is 39.5. The zero-order valence-corrected chi connectivity index (χ0v) is 51.3. The van der Waals surface area contributed by atoms with Crippen molar-refractivity contribution in [3.05, 3.63) is 170 Å². The Kier molecular flexibility index (Phi) is 61.9. The molecule has 0 bridgehead atoms. The summed E-state index contributed by atoms with van der Waals surface area (Å²) in [4.78, 5) is 38.2. The standard InChI is InChI=1S/C74H116O6/c1-4-7-10-13-16-19-22-25-27-29-30-31-32-33-34-35-36-37-38-39-40-41-42-43-44-45-47-49-52-55-58-61-64-67-73(76)79-70-71(69-78-72(75)66-63-60-57-54-51-48-24-21-18-15-12-9-6-3)80-74(77)68-65-62-59-56-53-50-46-28-26-23-20-17-14-11-8-5-2/h7,10,12,15-16,19-21,23-25,27-28,30-31,33-34,36-37,39-40,42-43,45-47,52,55,71H,4-6,8-9,11,13-14,17-18,22,26,29,32,35,38,41,44,48-51,53-54,56-70H2,1-3H3/b10-7-,15-12-,19-16-,23-20-,24-21-,27-25-,31-30-,34-33-,37-36-,40-39-,43-42-,46-28-,47-45-,55-52-. The van der Waals surface area contributed by atoms with E-state index in [0.717, 1.165) is 173 Å². The van der Waals surface area contributed by atoms with E-state index in [1.165, 1.54) is 38.5 Å². The molecule has 0 aliphatic rings. The van der Waals surface area contributed by atoms with Crippen molar-refractivity contribution in [2.45, 2.75) is 264 Å². The lowest BCUT2D eigenvalue weighted by molar-refractivity contribution is -0.167. The maximum absolute atomic E-state index is 12.9. The fourth-order valence-corrected chi connectivity index (χ4v) is 8.13. The third-order valence-corrected chi connectivity index (χ3v) is 12.9. The number of ether oxygens (including phenoxy) is 3. The van der Waals surface area contributed by atoms with Gasteiger partial charge in [-0.1, -0.05) is 255 Å². The molecule has 0 aromatic carbocycles. The minimum absolute atomic E-state index is 0.112. The summed E-state index contributed by atoms with van der Waals surface area (Å²) in [5.74, 6) is -0.990. The number of rotatable bonds is 56. The number of allylic oxidation sites excluding steroid dienone is 28. The van der Waals surface area contributed by atoms with Gasteiger partial charge in [0.25, 0.3) is 0 Å². The summed E-state index contributed by atoms with van der Waals surface area (Å²) >= 11 is 0. The molecule has 0 aliphatic carbocycles. The average Bonchev–Trinajstić information content (AvgIpc) is 3.46. The summed E-state index contributed by atoms with van der Waals surface area (Å²) in [5, 5.41) is 0. The molecule has 0 saturated carbocycles. The highest BCUT2D eigenvalue weighted by Crippen LogP contribution is 2.13. The second-order valence-corrected chi connectivity index (χ2v) is 20.6. The van der Waals surface area contributed by atoms with Crippen molar-refractivity contribution in [2.75, 3.05) is 13.2 Å². The van der Waals surface area contributed by atoms with E-state index in [9.17, 15) is 14.4 Å². The number of carbonyl (C=O) groups is 3. The van der Waals surface area contributed by atoms with Crippen molar-refractivity contribution in [1.82, 2.24) is 0 Å². The van der Waals surface area contributed by atoms with Crippen LogP contribution >= 0.6 is 0 Å². The first-order valence-electron chi connectivity index (χ1n) is 32.1. The Balaban J connectivity index is 4.42. The largest absolute Gasteiger partial charge is 0.462 e. The number of hydrogen-bond donors (Lipinski definition) is 0. The lowest BCUT2D eigenvalue weighted by Crippen LogP contribution is -2.30. The Morgan fingerprint density at radius 1 is 0.263 bits per heavy atom. The van der Waals surface area contributed by atoms with E-state index in [-0.39, 0.29) is 37.5 Å². The lowest BCUT2D eigenvalue weighted by atomic mass is 10.1. The van der Waals surface area contributed by atoms with Gasteiger partial charge in [-0.2, -0.15) is 0 Å². The van der Waals surface area contributed by atoms with Crippen LogP contribution < -0.4 is 0 Å². The summed E-state index contributed by atoms with van der Waals surface area (Å²) < 4.78 is 16.8. The fraction of sp³-hybridized carbons (Fsp3) is 0.581. The highest BCUT2D eigenvalue weighted by atomic mass is 16.6. The van der Waals surface area contributed by atoms with Crippen LogP contribution in [0.3, 0.4) is 0 Å². The normalized spacial score (nSPS) is 13.3. The van der Waals surface area contributed by atoms with Gasteiger partial charge in [-0.3, -0.25) is 14.4 Å². The molecule has 0 saturated heterocycles. The van der Waals surface area contributed by atoms with Gasteiger partial charge in [0.2, 0.25) is 0 Å². The summed E-state index contributed by atoms with van der Waals surface area (Å²) in [6.45, 7) is 6.37. The van der Waals surface area contributed by atoms with E-state index in [4.69, 9.17) is 14.2 Å². The van der Waals surface area contributed by atoms with Crippen LogP contribution in [0.2, 0.25) is 0 Å². The van der Waals surface area contributed by atoms with Crippen LogP contribution in [0.1, 0.15) is 258 Å². The Hall–Kier alpha value is -5.23. The molecule has 0 rings (SSSR count). The van der Waals surface area contributed by atoms with Crippen molar-refractivity contribution in [1.29, 1.82) is 0 Å². The molecule has 6 nitrogen and oxygen atoms in total. The first-order valence-corrected chi connectivity index (χ1v) is 32.1. The zero-order chi connectivity index (χ0) is 57.8. The van der Waals surface area contributed by atoms with E-state index in [1.807, 2.05) is 0 Å². The predicted octanol–water partition coefficient (Wildman–Crippen LogP) is 22.3. The van der Waals surface area contributed by atoms with Crippen LogP contribution in [0, 0.1) is 0 Å². The molecule has 0 aromatic rings. The van der Waals surface area contributed by atoms with Crippen molar-refractivity contribution in [3.63, 3.8) is 0 Å². The number of unbranched alkanes of at least 4 members (excludes halogenated alkanes) is 17. The maximum Gasteiger partial charge on any atom is 0.306 e. The maximum atomic E-state index is 12.9. The predicted molar refractivity (Wildman–Crippen MR) is 348 cm³/mol. The van der Waals surface area contributed by atoms with E-state index >= 15 is 0 Å². The molecule has 6 heteroatoms. The van der Waals surface area contributed by atoms with Crippen molar-refractivity contribution < 1.29 is 28.6 Å². The van der Waals surface area contributed by atoms with E-state index in [1.54, 1.807) is 0 Å². The minimum atomic E-state index is -0.818. The van der Waals surface area contributed by atoms with Crippen LogP contribution in [0.25, 0.3) is 0 Å². The lowest BCUT2D eigenvalue weighted by Gasteiger charge is -2.18. The quantitative estimate of drug-likeness (QED) is 0.0261. The monoisotopic (exact) mass is 1100 g/mol. The molecule has 0 spiro atoms. The van der Waals surface area contributed by atoms with Gasteiger partial charge in [0.05, 0.1) is 0 Å². The molecule has 1 atom stereocenters. The second-order valence-electron chi connectivity index (χ2n) is 20.6. The Morgan fingerprint density at radius 3 is 0.838 bits per heavy atom. The molecule has 0 aromatic heterocycles. The molecular formula is C74H116O6. The van der Waals surface area contributed by atoms with Gasteiger partial charge in [-0.05, 0) is 154 Å². The highest BCUT2D eigenvalue weighted by Gasteiger charge is 2.19. The number of hydrogen-bond acceptors (Lipinski definition) is 6. The van der Waals surface area contributed by atoms with Gasteiger partial charge in [0.1, 0.15) is 13.2 Å². The Bertz CT molecular complexity index is 1840. The SMILES string of the molecule is CC/C=C\C/C=C\C/C=C\C/C=C\C/C=C\C/C=C\C/C=C\C/C=C\C/C=C\C/C=C\CCCCC(=O)OCC(COC(=O)CCCCCCC/C=C\C/C=C\CCC)OC(=O)CCCCCCC/C=C\C/C=C\CCCCCC. The zero-order valence-electron chi connectivity index (χ0n) is 51.3. The molecule has 0 aliphatic heterocycles. The van der Waals surface area contributed by atoms with Crippen LogP contribution in [-0.2, 0) is 28.6 Å². The van der Waals surface area contributed by atoms with Crippen LogP contribution in [0.5, 0.6) is 0 Å². The molecule has 0 fully saturated rings. The third-order valence-electron chi connectivity index (χ3n) is 12.9. The molecule has 448 valence electrons. The Labute approximate surface area is 492 Å². The third kappa shape index (κ3) is 63.6. The molecule has 0 radical (unpaired) electrons. The summed E-state index contributed by atoms with van der Waals surface area (Å²) in [7, 11) is 0. The van der Waals surface area contributed by atoms with Crippen molar-refractivity contribution >= 4 is 17.9 Å². The molecule has 80 heavy (non-hydrogen) atoms. The highest BCUT2D eigenvalue weighted by molar-refractivity contribution is 5.71. The van der Waals surface area contributed by atoms with Gasteiger partial charge >= 0.3 is 17.9 Å². The molecule has 0 N–H and O–H groups in total. The first kappa shape index (κ1) is 74.8. The minimum Gasteiger partial charge on any atom is -0.462 e. The summed E-state index contributed by atoms with van der Waals surface area (Å²) in [6, 6.07) is 0. The number of esters is 3. The van der Waals surface area contributed by atoms with Crippen LogP contribution in [-0.4, -0.2) is 37.2 Å². The van der Waals surface area contributed by atoms with Gasteiger partial charge in [-0.25, -0.2) is 0 Å². The molecular weight excluding hydrogens is 985 g/mol. The summed E-state index contributed by atoms with van der Waals surface area (Å²) in [6.07, 6.45) is 97.9. The topological polar surface area (TPSA) is 78.9 Å². The van der Waals surface area contributed by atoms with E-state index in [0.29, 0.717) is 19.3 Å². The smallest absolute Gasteiger partial charge is 0.306 e. The summed E-state index contributed by atoms with van der Waals surface area (Å²) in [5.41, 5.74) is 0. The van der Waals surface area contributed by atoms with Crippen molar-refractivity contribution in [2.24, 2.45) is 0 Å². The fourth-order valence-electron chi connectivity index (χ4n) is 8.13. The molecule has 0 heterocycles. The van der Waals surface area contributed by atoms with Gasteiger partial charge in [0.15, 0.2) is 6.10 Å². The molecule has 1 unspecified atom stereocenters. The number of carbonyl (C=O) groups excluding carboxylic acids is 3. The van der Waals surface area contributed by atoms with Crippen LogP contribution in [0.4, 0.5) is 0 Å². The Morgan fingerprint density at radius 2 is 0.512 bits per heavy atom. The second kappa shape index (κ2) is 66.3. The van der Waals surface area contributed by atoms with Crippen LogP contribution in [0.15, 0.2) is 170 Å². The van der Waals surface area contributed by atoms with E-state index < -0.39 is 6.10 Å². The van der Waals surface area contributed by atoms with Crippen molar-refractivity contribution in [3.8, 4) is 0 Å². The van der Waals surface area contributed by atoms with Gasteiger partial charge in [0, 0.05) is 19.3 Å². The molecule has 0 amide bonds. The van der Waals surface area contributed by atoms with Gasteiger partial charge < -0.3 is 14.2 Å². The average molecular weight is 1100 g/mol.